The molecule has 0 radical (unpaired) electrons. The zero-order valence-electron chi connectivity index (χ0n) is 9.41. The second kappa shape index (κ2) is 4.82. The number of hydrogen-bond acceptors (Lipinski definition) is 2. The molecule has 0 fully saturated rings. The van der Waals surface area contributed by atoms with Crippen molar-refractivity contribution in [2.75, 3.05) is 6.54 Å². The Balaban J connectivity index is 2.38. The van der Waals surface area contributed by atoms with Gasteiger partial charge in [-0.3, -0.25) is 0 Å². The van der Waals surface area contributed by atoms with Gasteiger partial charge in [-0.25, -0.2) is 4.79 Å². The minimum absolute atomic E-state index is 0.0652. The molecule has 1 amide bonds. The molecule has 0 bridgehead atoms. The van der Waals surface area contributed by atoms with Crippen LogP contribution in [0.1, 0.15) is 20.8 Å². The molecule has 0 saturated carbocycles. The van der Waals surface area contributed by atoms with Crippen molar-refractivity contribution in [2.24, 2.45) is 5.41 Å². The van der Waals surface area contributed by atoms with Crippen LogP contribution in [-0.2, 0) is 0 Å². The third-order valence-corrected chi connectivity index (χ3v) is 1.72. The Labute approximate surface area is 90.4 Å². The van der Waals surface area contributed by atoms with Gasteiger partial charge in [0.2, 0.25) is 0 Å². The van der Waals surface area contributed by atoms with E-state index in [9.17, 15) is 4.79 Å². The highest BCUT2D eigenvalue weighted by molar-refractivity contribution is 5.70. The lowest BCUT2D eigenvalue weighted by Gasteiger charge is -2.18. The number of amides is 1. The van der Waals surface area contributed by atoms with E-state index in [1.165, 1.54) is 0 Å². The van der Waals surface area contributed by atoms with Crippen molar-refractivity contribution >= 4 is 6.09 Å². The van der Waals surface area contributed by atoms with Crippen LogP contribution in [0.4, 0.5) is 4.79 Å². The molecule has 0 saturated heterocycles. The highest BCUT2D eigenvalue weighted by Gasteiger charge is 2.12. The molecule has 0 aromatic heterocycles. The summed E-state index contributed by atoms with van der Waals surface area (Å²) in [5.41, 5.74) is 0.0652. The summed E-state index contributed by atoms with van der Waals surface area (Å²) >= 11 is 0. The average Bonchev–Trinajstić information content (AvgIpc) is 2.15. The van der Waals surface area contributed by atoms with Gasteiger partial charge in [-0.1, -0.05) is 39.0 Å². The Morgan fingerprint density at radius 1 is 1.27 bits per heavy atom. The summed E-state index contributed by atoms with van der Waals surface area (Å²) < 4.78 is 5.06. The molecule has 3 heteroatoms. The minimum atomic E-state index is -0.406. The maximum atomic E-state index is 11.3. The molecule has 0 aliphatic carbocycles. The van der Waals surface area contributed by atoms with Gasteiger partial charge in [-0.15, -0.1) is 0 Å². The molecule has 0 aliphatic rings. The molecule has 0 spiro atoms. The van der Waals surface area contributed by atoms with Crippen LogP contribution in [0.15, 0.2) is 30.3 Å². The van der Waals surface area contributed by atoms with E-state index in [1.54, 1.807) is 12.1 Å². The summed E-state index contributed by atoms with van der Waals surface area (Å²) in [6, 6.07) is 9.02. The summed E-state index contributed by atoms with van der Waals surface area (Å²) in [6.45, 7) is 6.75. The summed E-state index contributed by atoms with van der Waals surface area (Å²) in [4.78, 5) is 11.3. The maximum Gasteiger partial charge on any atom is 0.412 e. The van der Waals surface area contributed by atoms with Crippen LogP contribution in [-0.4, -0.2) is 12.6 Å². The number of nitrogens with one attached hydrogen (secondary N) is 1. The number of hydrogen-bond donors (Lipinski definition) is 1. The molecule has 1 aromatic carbocycles. The van der Waals surface area contributed by atoms with Crippen LogP contribution < -0.4 is 10.1 Å². The zero-order valence-corrected chi connectivity index (χ0v) is 9.41. The van der Waals surface area contributed by atoms with Gasteiger partial charge >= 0.3 is 6.09 Å². The fourth-order valence-electron chi connectivity index (χ4n) is 0.969. The van der Waals surface area contributed by atoms with Gasteiger partial charge in [-0.05, 0) is 17.5 Å². The lowest BCUT2D eigenvalue weighted by Crippen LogP contribution is -2.34. The number of para-hydroxylation sites is 1. The van der Waals surface area contributed by atoms with E-state index in [0.29, 0.717) is 12.3 Å². The molecular weight excluding hydrogens is 190 g/mol. The second-order valence-electron chi connectivity index (χ2n) is 4.62. The van der Waals surface area contributed by atoms with Crippen molar-refractivity contribution in [1.29, 1.82) is 0 Å². The van der Waals surface area contributed by atoms with Crippen molar-refractivity contribution in [3.05, 3.63) is 30.3 Å². The normalized spacial score (nSPS) is 10.9. The number of carbonyl (C=O) groups excluding carboxylic acids is 1. The van der Waals surface area contributed by atoms with Crippen molar-refractivity contribution in [2.45, 2.75) is 20.8 Å². The molecular formula is C12H17NO2. The van der Waals surface area contributed by atoms with Crippen LogP contribution in [0.3, 0.4) is 0 Å². The smallest absolute Gasteiger partial charge is 0.410 e. The fraction of sp³-hybridized carbons (Fsp3) is 0.417. The second-order valence-corrected chi connectivity index (χ2v) is 4.62. The number of ether oxygens (including phenoxy) is 1. The summed E-state index contributed by atoms with van der Waals surface area (Å²) in [5, 5.41) is 2.71. The van der Waals surface area contributed by atoms with Gasteiger partial charge in [0.15, 0.2) is 0 Å². The van der Waals surface area contributed by atoms with E-state index >= 15 is 0 Å². The van der Waals surface area contributed by atoms with Crippen LogP contribution in [0.25, 0.3) is 0 Å². The van der Waals surface area contributed by atoms with Crippen LogP contribution >= 0.6 is 0 Å². The molecule has 3 nitrogen and oxygen atoms in total. The topological polar surface area (TPSA) is 38.3 Å². The van der Waals surface area contributed by atoms with Crippen molar-refractivity contribution in [1.82, 2.24) is 5.32 Å². The van der Waals surface area contributed by atoms with Gasteiger partial charge in [0, 0.05) is 6.54 Å². The molecule has 1 rings (SSSR count). The van der Waals surface area contributed by atoms with Crippen molar-refractivity contribution < 1.29 is 9.53 Å². The summed E-state index contributed by atoms with van der Waals surface area (Å²) in [5.74, 6) is 0.559. The largest absolute Gasteiger partial charge is 0.412 e. The van der Waals surface area contributed by atoms with Crippen molar-refractivity contribution in [3.63, 3.8) is 0 Å². The lowest BCUT2D eigenvalue weighted by atomic mass is 9.97. The van der Waals surface area contributed by atoms with Gasteiger partial charge in [0.05, 0.1) is 0 Å². The maximum absolute atomic E-state index is 11.3. The third-order valence-electron chi connectivity index (χ3n) is 1.72. The molecule has 15 heavy (non-hydrogen) atoms. The SMILES string of the molecule is CC(C)(C)CNC(=O)Oc1ccccc1. The molecule has 0 aliphatic heterocycles. The van der Waals surface area contributed by atoms with E-state index < -0.39 is 6.09 Å². The number of benzene rings is 1. The number of carbonyl (C=O) groups is 1. The Morgan fingerprint density at radius 3 is 2.40 bits per heavy atom. The Bertz CT molecular complexity index is 314. The van der Waals surface area contributed by atoms with Crippen LogP contribution in [0.2, 0.25) is 0 Å². The summed E-state index contributed by atoms with van der Waals surface area (Å²) in [7, 11) is 0. The van der Waals surface area contributed by atoms with Crippen LogP contribution in [0.5, 0.6) is 5.75 Å². The van der Waals surface area contributed by atoms with E-state index in [2.05, 4.69) is 26.1 Å². The van der Waals surface area contributed by atoms with Gasteiger partial charge in [0.1, 0.15) is 5.75 Å². The first-order valence-corrected chi connectivity index (χ1v) is 4.98. The van der Waals surface area contributed by atoms with E-state index in [1.807, 2.05) is 18.2 Å². The molecule has 0 atom stereocenters. The molecule has 1 N–H and O–H groups in total. The predicted molar refractivity (Wildman–Crippen MR) is 59.9 cm³/mol. The third kappa shape index (κ3) is 5.05. The quantitative estimate of drug-likeness (QED) is 0.809. The highest BCUT2D eigenvalue weighted by Crippen LogP contribution is 2.11. The molecule has 1 aromatic rings. The zero-order chi connectivity index (χ0) is 11.3. The van der Waals surface area contributed by atoms with E-state index in [0.717, 1.165) is 0 Å². The molecule has 0 heterocycles. The summed E-state index contributed by atoms with van der Waals surface area (Å²) in [6.07, 6.45) is -0.406. The van der Waals surface area contributed by atoms with Gasteiger partial charge < -0.3 is 10.1 Å². The Hall–Kier alpha value is -1.51. The minimum Gasteiger partial charge on any atom is -0.410 e. The Kier molecular flexibility index (Phi) is 3.72. The van der Waals surface area contributed by atoms with Crippen LogP contribution in [0, 0.1) is 5.41 Å². The first-order valence-electron chi connectivity index (χ1n) is 4.98. The average molecular weight is 207 g/mol. The fourth-order valence-corrected chi connectivity index (χ4v) is 0.969. The molecule has 82 valence electrons. The monoisotopic (exact) mass is 207 g/mol. The van der Waals surface area contributed by atoms with Gasteiger partial charge in [0.25, 0.3) is 0 Å². The van der Waals surface area contributed by atoms with E-state index in [4.69, 9.17) is 4.74 Å². The van der Waals surface area contributed by atoms with Crippen molar-refractivity contribution in [3.8, 4) is 5.75 Å². The number of rotatable bonds is 2. The first-order chi connectivity index (χ1) is 6.97. The van der Waals surface area contributed by atoms with Gasteiger partial charge in [-0.2, -0.15) is 0 Å². The highest BCUT2D eigenvalue weighted by atomic mass is 16.5. The standard InChI is InChI=1S/C12H17NO2/c1-12(2,3)9-13-11(14)15-10-7-5-4-6-8-10/h4-8H,9H2,1-3H3,(H,13,14). The predicted octanol–water partition coefficient (Wildman–Crippen LogP) is 2.82. The molecule has 0 unspecified atom stereocenters. The Morgan fingerprint density at radius 2 is 1.87 bits per heavy atom. The lowest BCUT2D eigenvalue weighted by molar-refractivity contribution is 0.195. The first kappa shape index (κ1) is 11.6. The van der Waals surface area contributed by atoms with E-state index in [-0.39, 0.29) is 5.41 Å².